The molecule has 1 heterocycles. The first-order valence-electron chi connectivity index (χ1n) is 6.20. The normalized spacial score (nSPS) is 27.2. The van der Waals surface area contributed by atoms with Crippen molar-refractivity contribution in [2.45, 2.75) is 45.8 Å². The largest absolute Gasteiger partial charge is 0.316 e. The molecule has 0 bridgehead atoms. The van der Waals surface area contributed by atoms with Crippen molar-refractivity contribution in [3.63, 3.8) is 0 Å². The Morgan fingerprint density at radius 3 is 2.40 bits per heavy atom. The van der Waals surface area contributed by atoms with E-state index < -0.39 is 0 Å². The van der Waals surface area contributed by atoms with Crippen LogP contribution < -0.4 is 5.32 Å². The molecule has 3 nitrogen and oxygen atoms in total. The molecule has 3 heteroatoms. The van der Waals surface area contributed by atoms with Crippen molar-refractivity contribution in [2.24, 2.45) is 0 Å². The summed E-state index contributed by atoms with van der Waals surface area (Å²) in [5.41, 5.74) is 0. The SMILES string of the molecule is CNC(C)CN1CCN(C(C)C)CC1C. The number of nitrogens with zero attached hydrogens (tertiary/aromatic N) is 2. The molecule has 1 fully saturated rings. The highest BCUT2D eigenvalue weighted by Gasteiger charge is 2.25. The van der Waals surface area contributed by atoms with Gasteiger partial charge >= 0.3 is 0 Å². The maximum absolute atomic E-state index is 3.31. The number of hydrogen-bond acceptors (Lipinski definition) is 3. The van der Waals surface area contributed by atoms with Gasteiger partial charge in [-0.15, -0.1) is 0 Å². The predicted molar refractivity (Wildman–Crippen MR) is 66.3 cm³/mol. The van der Waals surface area contributed by atoms with Crippen molar-refractivity contribution in [2.75, 3.05) is 33.2 Å². The summed E-state index contributed by atoms with van der Waals surface area (Å²) in [4.78, 5) is 5.17. The Morgan fingerprint density at radius 2 is 1.93 bits per heavy atom. The van der Waals surface area contributed by atoms with Gasteiger partial charge in [-0.3, -0.25) is 9.80 Å². The van der Waals surface area contributed by atoms with Gasteiger partial charge in [0, 0.05) is 44.3 Å². The van der Waals surface area contributed by atoms with Gasteiger partial charge < -0.3 is 5.32 Å². The molecular weight excluding hydrogens is 186 g/mol. The maximum Gasteiger partial charge on any atom is 0.0196 e. The van der Waals surface area contributed by atoms with E-state index in [1.807, 2.05) is 7.05 Å². The van der Waals surface area contributed by atoms with Crippen LogP contribution in [0.25, 0.3) is 0 Å². The quantitative estimate of drug-likeness (QED) is 0.752. The fourth-order valence-electron chi connectivity index (χ4n) is 2.21. The molecule has 0 aromatic heterocycles. The van der Waals surface area contributed by atoms with Crippen LogP contribution in [0.2, 0.25) is 0 Å². The topological polar surface area (TPSA) is 18.5 Å². The average Bonchev–Trinajstić information content (AvgIpc) is 2.20. The van der Waals surface area contributed by atoms with Gasteiger partial charge in [0.05, 0.1) is 0 Å². The second-order valence-corrected chi connectivity index (χ2v) is 5.12. The van der Waals surface area contributed by atoms with Crippen molar-refractivity contribution >= 4 is 0 Å². The third kappa shape index (κ3) is 3.74. The molecule has 0 amide bonds. The van der Waals surface area contributed by atoms with Crippen LogP contribution in [0.3, 0.4) is 0 Å². The fourth-order valence-corrected chi connectivity index (χ4v) is 2.21. The summed E-state index contributed by atoms with van der Waals surface area (Å²) < 4.78 is 0. The van der Waals surface area contributed by atoms with E-state index in [4.69, 9.17) is 0 Å². The molecule has 0 aromatic rings. The second-order valence-electron chi connectivity index (χ2n) is 5.12. The number of nitrogens with one attached hydrogen (secondary N) is 1. The van der Waals surface area contributed by atoms with E-state index in [0.29, 0.717) is 18.1 Å². The zero-order valence-corrected chi connectivity index (χ0v) is 11.0. The maximum atomic E-state index is 3.31. The van der Waals surface area contributed by atoms with Crippen molar-refractivity contribution < 1.29 is 0 Å². The summed E-state index contributed by atoms with van der Waals surface area (Å²) >= 11 is 0. The Bertz CT molecular complexity index is 182. The van der Waals surface area contributed by atoms with Gasteiger partial charge in [-0.2, -0.15) is 0 Å². The van der Waals surface area contributed by atoms with E-state index in [9.17, 15) is 0 Å². The summed E-state index contributed by atoms with van der Waals surface area (Å²) in [6, 6.07) is 1.98. The lowest BCUT2D eigenvalue weighted by molar-refractivity contribution is 0.0600. The monoisotopic (exact) mass is 213 g/mol. The van der Waals surface area contributed by atoms with Crippen LogP contribution in [0, 0.1) is 0 Å². The first-order chi connectivity index (χ1) is 7.04. The minimum atomic E-state index is 0.595. The van der Waals surface area contributed by atoms with Crippen LogP contribution in [0.1, 0.15) is 27.7 Å². The standard InChI is InChI=1S/C12H27N3/c1-10(2)14-6-7-15(12(4)9-14)8-11(3)13-5/h10-13H,6-9H2,1-5H3. The van der Waals surface area contributed by atoms with Crippen LogP contribution in [0.15, 0.2) is 0 Å². The summed E-state index contributed by atoms with van der Waals surface area (Å²) in [5.74, 6) is 0. The number of likely N-dealkylation sites (N-methyl/N-ethyl adjacent to an activating group) is 1. The lowest BCUT2D eigenvalue weighted by atomic mass is 10.1. The van der Waals surface area contributed by atoms with E-state index in [2.05, 4.69) is 42.8 Å². The summed E-state index contributed by atoms with van der Waals surface area (Å²) in [5, 5.41) is 3.31. The minimum absolute atomic E-state index is 0.595. The minimum Gasteiger partial charge on any atom is -0.316 e. The lowest BCUT2D eigenvalue weighted by Gasteiger charge is -2.42. The Morgan fingerprint density at radius 1 is 1.27 bits per heavy atom. The van der Waals surface area contributed by atoms with Crippen molar-refractivity contribution in [1.82, 2.24) is 15.1 Å². The van der Waals surface area contributed by atoms with Crippen LogP contribution in [-0.4, -0.2) is 61.2 Å². The van der Waals surface area contributed by atoms with Crippen LogP contribution in [-0.2, 0) is 0 Å². The molecule has 0 radical (unpaired) electrons. The summed E-state index contributed by atoms with van der Waals surface area (Å²) in [6.07, 6.45) is 0. The highest BCUT2D eigenvalue weighted by Crippen LogP contribution is 2.12. The van der Waals surface area contributed by atoms with Gasteiger partial charge in [0.2, 0.25) is 0 Å². The Kier molecular flexibility index (Phi) is 5.03. The number of rotatable bonds is 4. The first-order valence-corrected chi connectivity index (χ1v) is 6.20. The zero-order chi connectivity index (χ0) is 11.4. The van der Waals surface area contributed by atoms with Gasteiger partial charge in [-0.05, 0) is 34.7 Å². The molecule has 0 aromatic carbocycles. The average molecular weight is 213 g/mol. The van der Waals surface area contributed by atoms with Gasteiger partial charge in [-0.1, -0.05) is 0 Å². The van der Waals surface area contributed by atoms with Crippen molar-refractivity contribution in [3.8, 4) is 0 Å². The molecule has 1 aliphatic heterocycles. The molecule has 0 spiro atoms. The van der Waals surface area contributed by atoms with Crippen LogP contribution in [0.4, 0.5) is 0 Å². The molecule has 1 rings (SSSR count). The van der Waals surface area contributed by atoms with Gasteiger partial charge in [-0.25, -0.2) is 0 Å². The fraction of sp³-hybridized carbons (Fsp3) is 1.00. The molecule has 2 atom stereocenters. The van der Waals surface area contributed by atoms with Gasteiger partial charge in [0.25, 0.3) is 0 Å². The molecule has 90 valence electrons. The predicted octanol–water partition coefficient (Wildman–Crippen LogP) is 1.01. The zero-order valence-electron chi connectivity index (χ0n) is 11.0. The van der Waals surface area contributed by atoms with E-state index in [1.54, 1.807) is 0 Å². The van der Waals surface area contributed by atoms with E-state index >= 15 is 0 Å². The summed E-state index contributed by atoms with van der Waals surface area (Å²) in [7, 11) is 2.04. The van der Waals surface area contributed by atoms with Crippen LogP contribution >= 0.6 is 0 Å². The molecule has 15 heavy (non-hydrogen) atoms. The summed E-state index contributed by atoms with van der Waals surface area (Å²) in [6.45, 7) is 14.0. The van der Waals surface area contributed by atoms with E-state index in [-0.39, 0.29) is 0 Å². The number of hydrogen-bond donors (Lipinski definition) is 1. The molecule has 0 saturated carbocycles. The second kappa shape index (κ2) is 5.83. The Balaban J connectivity index is 2.38. The first kappa shape index (κ1) is 12.9. The molecular formula is C12H27N3. The van der Waals surface area contributed by atoms with E-state index in [1.165, 1.54) is 26.2 Å². The van der Waals surface area contributed by atoms with E-state index in [0.717, 1.165) is 0 Å². The highest BCUT2D eigenvalue weighted by atomic mass is 15.3. The van der Waals surface area contributed by atoms with Crippen LogP contribution in [0.5, 0.6) is 0 Å². The lowest BCUT2D eigenvalue weighted by Crippen LogP contribution is -2.55. The van der Waals surface area contributed by atoms with Gasteiger partial charge in [0.1, 0.15) is 0 Å². The molecule has 1 aliphatic rings. The molecule has 1 saturated heterocycles. The molecule has 0 aliphatic carbocycles. The molecule has 1 N–H and O–H groups in total. The number of piperazine rings is 1. The smallest absolute Gasteiger partial charge is 0.0196 e. The third-order valence-electron chi connectivity index (χ3n) is 3.53. The Hall–Kier alpha value is -0.120. The van der Waals surface area contributed by atoms with Gasteiger partial charge in [0.15, 0.2) is 0 Å². The van der Waals surface area contributed by atoms with Crippen molar-refractivity contribution in [1.29, 1.82) is 0 Å². The van der Waals surface area contributed by atoms with Crippen molar-refractivity contribution in [3.05, 3.63) is 0 Å². The highest BCUT2D eigenvalue weighted by molar-refractivity contribution is 4.82. The molecule has 2 unspecified atom stereocenters. The third-order valence-corrected chi connectivity index (χ3v) is 3.53. The Labute approximate surface area is 94.8 Å².